The van der Waals surface area contributed by atoms with Gasteiger partial charge in [-0.05, 0) is 25.5 Å². The molecule has 0 spiro atoms. The lowest BCUT2D eigenvalue weighted by Crippen LogP contribution is -2.37. The fourth-order valence-corrected chi connectivity index (χ4v) is 2.22. The number of nitrogens with two attached hydrogens (primary N) is 1. The van der Waals surface area contributed by atoms with E-state index in [1.54, 1.807) is 0 Å². The summed E-state index contributed by atoms with van der Waals surface area (Å²) in [6.45, 7) is 2.36. The van der Waals surface area contributed by atoms with Crippen LogP contribution in [0.4, 0.5) is 0 Å². The van der Waals surface area contributed by atoms with Crippen LogP contribution in [0.25, 0.3) is 0 Å². The van der Waals surface area contributed by atoms with E-state index in [-0.39, 0.29) is 24.4 Å². The van der Waals surface area contributed by atoms with Crippen LogP contribution < -0.4 is 11.1 Å². The zero-order chi connectivity index (χ0) is 11.3. The molecular weight excluding hydrogens is 267 g/mol. The molecule has 1 aromatic heterocycles. The number of nitrogens with one attached hydrogen (secondary N) is 1. The lowest BCUT2D eigenvalue weighted by atomic mass is 10.2. The summed E-state index contributed by atoms with van der Waals surface area (Å²) < 4.78 is 0.765. The smallest absolute Gasteiger partial charge is 0.220 e. The van der Waals surface area contributed by atoms with Gasteiger partial charge in [0.1, 0.15) is 0 Å². The minimum absolute atomic E-state index is 0. The maximum atomic E-state index is 11.4. The highest BCUT2D eigenvalue weighted by Crippen LogP contribution is 2.22. The standard InChI is InChI=1S/C10H15ClN2OS.ClH/c1-7(6-12)13-10(14)5-3-8-2-4-9(11)15-8;/h2,4,7H,3,5-6,12H2,1H3,(H,13,14);1H/t7-;/m0./s1. The van der Waals surface area contributed by atoms with Crippen LogP contribution >= 0.6 is 35.3 Å². The van der Waals surface area contributed by atoms with Gasteiger partial charge in [-0.2, -0.15) is 0 Å². The van der Waals surface area contributed by atoms with E-state index in [1.165, 1.54) is 11.3 Å². The molecule has 0 unspecified atom stereocenters. The number of halogens is 2. The predicted molar refractivity (Wildman–Crippen MR) is 71.6 cm³/mol. The Balaban J connectivity index is 0.00000225. The first-order valence-electron chi connectivity index (χ1n) is 4.85. The van der Waals surface area contributed by atoms with Gasteiger partial charge < -0.3 is 11.1 Å². The Morgan fingerprint density at radius 1 is 1.62 bits per heavy atom. The van der Waals surface area contributed by atoms with Crippen molar-refractivity contribution in [3.63, 3.8) is 0 Å². The second-order valence-electron chi connectivity index (χ2n) is 3.41. The number of carbonyl (C=O) groups is 1. The van der Waals surface area contributed by atoms with Crippen LogP contribution in [0.2, 0.25) is 4.34 Å². The first-order valence-corrected chi connectivity index (χ1v) is 6.05. The molecule has 0 aliphatic carbocycles. The summed E-state index contributed by atoms with van der Waals surface area (Å²) in [5, 5.41) is 2.81. The van der Waals surface area contributed by atoms with E-state index in [2.05, 4.69) is 5.32 Å². The molecule has 0 radical (unpaired) electrons. The van der Waals surface area contributed by atoms with Crippen LogP contribution in [-0.4, -0.2) is 18.5 Å². The number of carbonyl (C=O) groups excluding carboxylic acids is 1. The molecule has 1 rings (SSSR count). The van der Waals surface area contributed by atoms with Crippen molar-refractivity contribution in [3.8, 4) is 0 Å². The maximum absolute atomic E-state index is 11.4. The number of hydrogen-bond donors (Lipinski definition) is 2. The van der Waals surface area contributed by atoms with Crippen LogP contribution in [-0.2, 0) is 11.2 Å². The van der Waals surface area contributed by atoms with Crippen LogP contribution in [0.5, 0.6) is 0 Å². The zero-order valence-electron chi connectivity index (χ0n) is 9.03. The SMILES string of the molecule is C[C@@H](CN)NC(=O)CCc1ccc(Cl)s1.Cl. The van der Waals surface area contributed by atoms with Gasteiger partial charge in [-0.25, -0.2) is 0 Å². The van der Waals surface area contributed by atoms with Crippen LogP contribution in [0.15, 0.2) is 12.1 Å². The van der Waals surface area contributed by atoms with E-state index < -0.39 is 0 Å². The average molecular weight is 283 g/mol. The van der Waals surface area contributed by atoms with E-state index >= 15 is 0 Å². The Hall–Kier alpha value is -0.290. The molecule has 16 heavy (non-hydrogen) atoms. The largest absolute Gasteiger partial charge is 0.352 e. The predicted octanol–water partition coefficient (Wildman–Crippen LogP) is 2.22. The van der Waals surface area contributed by atoms with Crippen LogP contribution in [0.3, 0.4) is 0 Å². The fraction of sp³-hybridized carbons (Fsp3) is 0.500. The van der Waals surface area contributed by atoms with Crippen molar-refractivity contribution >= 4 is 41.3 Å². The van der Waals surface area contributed by atoms with Crippen molar-refractivity contribution in [1.82, 2.24) is 5.32 Å². The lowest BCUT2D eigenvalue weighted by Gasteiger charge is -2.10. The highest BCUT2D eigenvalue weighted by molar-refractivity contribution is 7.16. The highest BCUT2D eigenvalue weighted by atomic mass is 35.5. The first kappa shape index (κ1) is 15.7. The molecule has 1 atom stereocenters. The highest BCUT2D eigenvalue weighted by Gasteiger charge is 2.06. The van der Waals surface area contributed by atoms with Crippen molar-refractivity contribution in [1.29, 1.82) is 0 Å². The van der Waals surface area contributed by atoms with E-state index in [9.17, 15) is 4.79 Å². The van der Waals surface area contributed by atoms with Crippen molar-refractivity contribution in [2.24, 2.45) is 5.73 Å². The number of amides is 1. The molecule has 0 fully saturated rings. The normalized spacial score (nSPS) is 11.7. The third kappa shape index (κ3) is 5.70. The van der Waals surface area contributed by atoms with E-state index in [1.807, 2.05) is 19.1 Å². The van der Waals surface area contributed by atoms with Crippen molar-refractivity contribution in [2.45, 2.75) is 25.8 Å². The molecule has 0 aliphatic heterocycles. The summed E-state index contributed by atoms with van der Waals surface area (Å²) in [4.78, 5) is 12.5. The summed E-state index contributed by atoms with van der Waals surface area (Å²) in [5.74, 6) is 0.0393. The molecule has 0 saturated carbocycles. The molecule has 3 nitrogen and oxygen atoms in total. The molecule has 92 valence electrons. The lowest BCUT2D eigenvalue weighted by molar-refractivity contribution is -0.121. The molecule has 1 aromatic rings. The fourth-order valence-electron chi connectivity index (χ4n) is 1.13. The Bertz CT molecular complexity index is 330. The van der Waals surface area contributed by atoms with Crippen LogP contribution in [0, 0.1) is 0 Å². The topological polar surface area (TPSA) is 55.1 Å². The average Bonchev–Trinajstić information content (AvgIpc) is 2.61. The molecule has 0 aromatic carbocycles. The number of thiophene rings is 1. The second kappa shape index (κ2) is 7.90. The second-order valence-corrected chi connectivity index (χ2v) is 5.21. The third-order valence-electron chi connectivity index (χ3n) is 1.99. The molecule has 0 saturated heterocycles. The molecule has 3 N–H and O–H groups in total. The van der Waals surface area contributed by atoms with Gasteiger partial charge in [0.15, 0.2) is 0 Å². The van der Waals surface area contributed by atoms with Crippen molar-refractivity contribution in [2.75, 3.05) is 6.54 Å². The minimum atomic E-state index is 0. The molecule has 1 amide bonds. The van der Waals surface area contributed by atoms with Crippen molar-refractivity contribution < 1.29 is 4.79 Å². The minimum Gasteiger partial charge on any atom is -0.352 e. The van der Waals surface area contributed by atoms with Crippen LogP contribution in [0.1, 0.15) is 18.2 Å². The summed E-state index contributed by atoms with van der Waals surface area (Å²) in [6.07, 6.45) is 1.22. The number of aryl methyl sites for hydroxylation is 1. The van der Waals surface area contributed by atoms with Gasteiger partial charge in [-0.1, -0.05) is 11.6 Å². The first-order chi connectivity index (χ1) is 7.11. The van der Waals surface area contributed by atoms with E-state index in [0.717, 1.165) is 15.6 Å². The van der Waals surface area contributed by atoms with Crippen molar-refractivity contribution in [3.05, 3.63) is 21.3 Å². The quantitative estimate of drug-likeness (QED) is 0.870. The van der Waals surface area contributed by atoms with E-state index in [4.69, 9.17) is 17.3 Å². The van der Waals surface area contributed by atoms with E-state index in [0.29, 0.717) is 13.0 Å². The maximum Gasteiger partial charge on any atom is 0.220 e. The Labute approximate surface area is 111 Å². The molecule has 1 heterocycles. The zero-order valence-corrected chi connectivity index (χ0v) is 11.4. The van der Waals surface area contributed by atoms with Gasteiger partial charge >= 0.3 is 0 Å². The van der Waals surface area contributed by atoms with Gasteiger partial charge in [0.05, 0.1) is 4.34 Å². The van der Waals surface area contributed by atoms with Gasteiger partial charge in [0.2, 0.25) is 5.91 Å². The Kier molecular flexibility index (Phi) is 7.76. The molecule has 6 heteroatoms. The third-order valence-corrected chi connectivity index (χ3v) is 3.28. The Morgan fingerprint density at radius 2 is 2.31 bits per heavy atom. The van der Waals surface area contributed by atoms with Gasteiger partial charge in [-0.3, -0.25) is 4.79 Å². The molecule has 0 aliphatic rings. The number of hydrogen-bond acceptors (Lipinski definition) is 3. The van der Waals surface area contributed by atoms with Gasteiger partial charge in [0.25, 0.3) is 0 Å². The summed E-state index contributed by atoms with van der Waals surface area (Å²) in [7, 11) is 0. The number of rotatable bonds is 5. The molecule has 0 bridgehead atoms. The Morgan fingerprint density at radius 3 is 2.81 bits per heavy atom. The summed E-state index contributed by atoms with van der Waals surface area (Å²) >= 11 is 7.30. The summed E-state index contributed by atoms with van der Waals surface area (Å²) in [6, 6.07) is 3.85. The van der Waals surface area contributed by atoms with Gasteiger partial charge in [-0.15, -0.1) is 23.7 Å². The monoisotopic (exact) mass is 282 g/mol. The van der Waals surface area contributed by atoms with Gasteiger partial charge in [0, 0.05) is 23.9 Å². The summed E-state index contributed by atoms with van der Waals surface area (Å²) in [5.41, 5.74) is 5.40. The molecular formula is C10H16Cl2N2OS.